The maximum absolute atomic E-state index is 12.6. The number of ether oxygens (including phenoxy) is 1. The van der Waals surface area contributed by atoms with E-state index in [1.807, 2.05) is 6.07 Å². The van der Waals surface area contributed by atoms with Crippen LogP contribution >= 0.6 is 0 Å². The van der Waals surface area contributed by atoms with Gasteiger partial charge in [-0.1, -0.05) is 0 Å². The lowest BCUT2D eigenvalue weighted by Gasteiger charge is -2.08. The lowest BCUT2D eigenvalue weighted by atomic mass is 10.2. The molecular formula is C14H9F3N6O. The van der Waals surface area contributed by atoms with Gasteiger partial charge in [0.15, 0.2) is 0 Å². The van der Waals surface area contributed by atoms with Crippen LogP contribution in [-0.2, 0) is 12.8 Å². The molecule has 24 heavy (non-hydrogen) atoms. The number of rotatable bonds is 3. The number of halogens is 3. The lowest BCUT2D eigenvalue weighted by molar-refractivity contribution is -0.141. The summed E-state index contributed by atoms with van der Waals surface area (Å²) in [6, 6.07) is 5.55. The third-order valence-corrected chi connectivity index (χ3v) is 3.10. The Hall–Kier alpha value is -3.35. The minimum atomic E-state index is -4.53. The average Bonchev–Trinajstić information content (AvgIpc) is 2.96. The van der Waals surface area contributed by atoms with E-state index >= 15 is 0 Å². The second-order valence-electron chi connectivity index (χ2n) is 4.78. The number of nitrogens with zero attached hydrogens (tertiary/aromatic N) is 4. The first-order chi connectivity index (χ1) is 11.4. The molecule has 0 saturated carbocycles. The zero-order valence-corrected chi connectivity index (χ0v) is 11.9. The molecule has 0 fully saturated rings. The Morgan fingerprint density at radius 1 is 1.29 bits per heavy atom. The van der Waals surface area contributed by atoms with Gasteiger partial charge >= 0.3 is 12.2 Å². The number of hydrogen-bond acceptors (Lipinski definition) is 6. The Morgan fingerprint density at radius 3 is 2.79 bits per heavy atom. The molecule has 3 N–H and O–H groups in total. The van der Waals surface area contributed by atoms with E-state index in [9.17, 15) is 13.2 Å². The Bertz CT molecular complexity index is 944. The smallest absolute Gasteiger partial charge is 0.433 e. The van der Waals surface area contributed by atoms with E-state index in [0.717, 1.165) is 12.3 Å². The number of aromatic nitrogens is 4. The van der Waals surface area contributed by atoms with Crippen LogP contribution in [0.2, 0.25) is 0 Å². The molecule has 3 rings (SSSR count). The van der Waals surface area contributed by atoms with Crippen LogP contribution in [0.1, 0.15) is 17.0 Å². The highest BCUT2D eigenvalue weighted by Crippen LogP contribution is 2.28. The molecule has 0 saturated heterocycles. The molecule has 0 aliphatic heterocycles. The van der Waals surface area contributed by atoms with Crippen molar-refractivity contribution in [1.29, 1.82) is 5.26 Å². The molecule has 0 bridgehead atoms. The topological polar surface area (TPSA) is 114 Å². The first-order valence-electron chi connectivity index (χ1n) is 6.58. The second kappa shape index (κ2) is 5.69. The van der Waals surface area contributed by atoms with Crippen LogP contribution in [-0.4, -0.2) is 19.9 Å². The second-order valence-corrected chi connectivity index (χ2v) is 4.78. The van der Waals surface area contributed by atoms with Crippen molar-refractivity contribution < 1.29 is 17.9 Å². The average molecular weight is 334 g/mol. The predicted molar refractivity (Wildman–Crippen MR) is 76.6 cm³/mol. The molecule has 0 unspecified atom stereocenters. The lowest BCUT2D eigenvalue weighted by Crippen LogP contribution is -2.09. The Morgan fingerprint density at radius 2 is 2.08 bits per heavy atom. The maximum atomic E-state index is 12.6. The van der Waals surface area contributed by atoms with E-state index in [4.69, 9.17) is 15.7 Å². The molecule has 0 aliphatic carbocycles. The van der Waals surface area contributed by atoms with Gasteiger partial charge in [-0.05, 0) is 23.8 Å². The first-order valence-corrected chi connectivity index (χ1v) is 6.58. The molecule has 0 amide bonds. The molecular weight excluding hydrogens is 325 g/mol. The molecule has 0 atom stereocenters. The van der Waals surface area contributed by atoms with Gasteiger partial charge in [-0.15, -0.1) is 0 Å². The van der Waals surface area contributed by atoms with E-state index in [-0.39, 0.29) is 29.7 Å². The fourth-order valence-electron chi connectivity index (χ4n) is 2.00. The fraction of sp³-hybridized carbons (Fsp3) is 0.143. The van der Waals surface area contributed by atoms with Gasteiger partial charge in [0.25, 0.3) is 0 Å². The number of nitrogens with two attached hydrogens (primary N) is 1. The van der Waals surface area contributed by atoms with Crippen LogP contribution in [0.5, 0.6) is 6.01 Å². The van der Waals surface area contributed by atoms with Crippen molar-refractivity contribution in [3.05, 3.63) is 41.3 Å². The van der Waals surface area contributed by atoms with Crippen molar-refractivity contribution in [3.8, 4) is 12.1 Å². The van der Waals surface area contributed by atoms with E-state index in [1.165, 1.54) is 12.1 Å². The van der Waals surface area contributed by atoms with Gasteiger partial charge in [0, 0.05) is 6.20 Å². The predicted octanol–water partition coefficient (Wildman–Crippen LogP) is 2.40. The van der Waals surface area contributed by atoms with Crippen LogP contribution in [0.25, 0.3) is 11.0 Å². The van der Waals surface area contributed by atoms with Gasteiger partial charge < -0.3 is 15.5 Å². The molecule has 10 heteroatoms. The molecule has 0 aliphatic rings. The normalized spacial score (nSPS) is 11.4. The van der Waals surface area contributed by atoms with Gasteiger partial charge in [0.2, 0.25) is 0 Å². The van der Waals surface area contributed by atoms with Crippen molar-refractivity contribution in [2.75, 3.05) is 5.73 Å². The summed E-state index contributed by atoms with van der Waals surface area (Å²) in [6.45, 7) is -0.192. The summed E-state index contributed by atoms with van der Waals surface area (Å²) in [7, 11) is 0. The molecule has 122 valence electrons. The largest absolute Gasteiger partial charge is 0.458 e. The third kappa shape index (κ3) is 3.05. The first kappa shape index (κ1) is 15.5. The van der Waals surface area contributed by atoms with E-state index in [1.54, 1.807) is 0 Å². The summed E-state index contributed by atoms with van der Waals surface area (Å²) in [5.41, 5.74) is 5.56. The van der Waals surface area contributed by atoms with Crippen molar-refractivity contribution in [1.82, 2.24) is 19.9 Å². The number of aromatic amines is 1. The van der Waals surface area contributed by atoms with Gasteiger partial charge in [-0.3, -0.25) is 4.98 Å². The monoisotopic (exact) mass is 334 g/mol. The molecule has 7 nitrogen and oxygen atoms in total. The number of fused-ring (bicyclic) bond motifs is 1. The Kier molecular flexibility index (Phi) is 3.69. The highest BCUT2D eigenvalue weighted by molar-refractivity contribution is 5.87. The van der Waals surface area contributed by atoms with Crippen LogP contribution in [0, 0.1) is 11.3 Å². The fourth-order valence-corrected chi connectivity index (χ4v) is 2.00. The molecule has 0 aromatic carbocycles. The number of H-pyrrole nitrogens is 1. The number of anilines is 1. The Balaban J connectivity index is 1.82. The number of hydrogen-bond donors (Lipinski definition) is 2. The van der Waals surface area contributed by atoms with Gasteiger partial charge in [-0.25, -0.2) is 0 Å². The van der Waals surface area contributed by atoms with Gasteiger partial charge in [0.1, 0.15) is 35.5 Å². The summed E-state index contributed by atoms with van der Waals surface area (Å²) >= 11 is 0. The van der Waals surface area contributed by atoms with E-state index in [2.05, 4.69) is 19.9 Å². The number of nitriles is 1. The van der Waals surface area contributed by atoms with Crippen molar-refractivity contribution >= 4 is 16.9 Å². The minimum absolute atomic E-state index is 0.0958. The summed E-state index contributed by atoms with van der Waals surface area (Å²) in [6.07, 6.45) is -3.49. The number of alkyl halides is 3. The van der Waals surface area contributed by atoms with Crippen molar-refractivity contribution in [2.45, 2.75) is 12.8 Å². The summed E-state index contributed by atoms with van der Waals surface area (Å²) in [5.74, 6) is 0.0958. The molecule has 3 aromatic rings. The molecule has 3 aromatic heterocycles. The molecule has 0 spiro atoms. The number of nitrogens with one attached hydrogen (secondary N) is 1. The van der Waals surface area contributed by atoms with Crippen LogP contribution in [0.15, 0.2) is 24.4 Å². The minimum Gasteiger partial charge on any atom is -0.458 e. The van der Waals surface area contributed by atoms with Crippen molar-refractivity contribution in [3.63, 3.8) is 0 Å². The zero-order valence-electron chi connectivity index (χ0n) is 11.9. The van der Waals surface area contributed by atoms with Gasteiger partial charge in [0.05, 0.1) is 5.39 Å². The van der Waals surface area contributed by atoms with Crippen LogP contribution in [0.4, 0.5) is 19.0 Å². The third-order valence-electron chi connectivity index (χ3n) is 3.10. The highest BCUT2D eigenvalue weighted by atomic mass is 19.4. The van der Waals surface area contributed by atoms with Crippen LogP contribution in [0.3, 0.4) is 0 Å². The molecule has 0 radical (unpaired) electrons. The van der Waals surface area contributed by atoms with Gasteiger partial charge in [-0.2, -0.15) is 28.4 Å². The van der Waals surface area contributed by atoms with Crippen LogP contribution < -0.4 is 10.5 Å². The summed E-state index contributed by atoms with van der Waals surface area (Å²) in [5, 5.41) is 9.30. The standard InChI is InChI=1S/C14H9F3N6O/c15-14(16,17)10-3-7(1-2-20-10)6-24-13-22-11(19)9-4-8(5-18)21-12(9)23-13/h1-4H,6H2,(H3,19,21,22,23). The van der Waals surface area contributed by atoms with E-state index in [0.29, 0.717) is 11.0 Å². The quantitative estimate of drug-likeness (QED) is 0.760. The zero-order chi connectivity index (χ0) is 17.3. The van der Waals surface area contributed by atoms with Crippen molar-refractivity contribution in [2.24, 2.45) is 0 Å². The number of pyridine rings is 1. The van der Waals surface area contributed by atoms with E-state index < -0.39 is 11.9 Å². The highest BCUT2D eigenvalue weighted by Gasteiger charge is 2.32. The summed E-state index contributed by atoms with van der Waals surface area (Å²) in [4.78, 5) is 13.9. The molecule has 3 heterocycles. The number of nitrogen functional groups attached to an aromatic ring is 1. The maximum Gasteiger partial charge on any atom is 0.433 e. The Labute approximate surface area is 132 Å². The SMILES string of the molecule is N#Cc1cc2c(N)nc(OCc3ccnc(C(F)(F)F)c3)nc2[nH]1. The summed E-state index contributed by atoms with van der Waals surface area (Å²) < 4.78 is 43.1.